The monoisotopic (exact) mass is 367 g/mol. The van der Waals surface area contributed by atoms with Crippen molar-refractivity contribution in [3.63, 3.8) is 0 Å². The highest BCUT2D eigenvalue weighted by atomic mass is 16.4. The summed E-state index contributed by atoms with van der Waals surface area (Å²) >= 11 is 0. The Labute approximate surface area is 156 Å². The summed E-state index contributed by atoms with van der Waals surface area (Å²) < 4.78 is 7.16. The first-order valence-electron chi connectivity index (χ1n) is 8.48. The Bertz CT molecular complexity index is 999. The number of carboxylic acid groups (broad SMARTS) is 1. The van der Waals surface area contributed by atoms with Gasteiger partial charge in [-0.05, 0) is 45.0 Å². The molecule has 0 radical (unpaired) electrons. The summed E-state index contributed by atoms with van der Waals surface area (Å²) in [7, 11) is 1.63. The van der Waals surface area contributed by atoms with Crippen LogP contribution in [-0.4, -0.2) is 38.7 Å². The minimum atomic E-state index is -1.05. The molecule has 0 fully saturated rings. The number of aryl methyl sites for hydroxylation is 3. The molecule has 7 heteroatoms. The molecule has 0 aliphatic carbocycles. The molecule has 1 N–H and O–H groups in total. The van der Waals surface area contributed by atoms with Crippen LogP contribution in [0.25, 0.3) is 5.69 Å². The Balaban J connectivity index is 1.79. The first-order chi connectivity index (χ1) is 12.8. The smallest absolute Gasteiger partial charge is 0.339 e. The first-order valence-corrected chi connectivity index (χ1v) is 8.48. The maximum absolute atomic E-state index is 12.7. The van der Waals surface area contributed by atoms with Crippen molar-refractivity contribution in [1.29, 1.82) is 0 Å². The van der Waals surface area contributed by atoms with Crippen LogP contribution < -0.4 is 0 Å². The van der Waals surface area contributed by atoms with Crippen LogP contribution in [0.2, 0.25) is 0 Å². The zero-order chi connectivity index (χ0) is 19.7. The van der Waals surface area contributed by atoms with Gasteiger partial charge in [-0.25, -0.2) is 9.48 Å². The van der Waals surface area contributed by atoms with E-state index in [-0.39, 0.29) is 18.0 Å². The van der Waals surface area contributed by atoms with E-state index in [0.29, 0.717) is 17.2 Å². The summed E-state index contributed by atoms with van der Waals surface area (Å²) in [6, 6.07) is 11.1. The van der Waals surface area contributed by atoms with Crippen LogP contribution in [0.4, 0.5) is 0 Å². The number of furan rings is 1. The molecule has 7 nitrogen and oxygen atoms in total. The van der Waals surface area contributed by atoms with E-state index >= 15 is 0 Å². The molecule has 0 atom stereocenters. The number of carbonyl (C=O) groups is 2. The van der Waals surface area contributed by atoms with Gasteiger partial charge in [-0.2, -0.15) is 5.10 Å². The summed E-state index contributed by atoms with van der Waals surface area (Å²) in [6.45, 7) is 5.64. The van der Waals surface area contributed by atoms with Gasteiger partial charge >= 0.3 is 5.97 Å². The van der Waals surface area contributed by atoms with Crippen molar-refractivity contribution in [2.24, 2.45) is 0 Å². The van der Waals surface area contributed by atoms with Crippen LogP contribution in [0.1, 0.15) is 43.6 Å². The van der Waals surface area contributed by atoms with Crippen molar-refractivity contribution in [3.05, 3.63) is 70.4 Å². The molecule has 0 aliphatic heterocycles. The molecule has 0 aliphatic rings. The molecule has 27 heavy (non-hydrogen) atoms. The van der Waals surface area contributed by atoms with E-state index in [1.807, 2.05) is 38.1 Å². The zero-order valence-corrected chi connectivity index (χ0v) is 15.7. The molecule has 3 aromatic rings. The molecule has 1 amide bonds. The largest absolute Gasteiger partial charge is 0.478 e. The van der Waals surface area contributed by atoms with Crippen LogP contribution in [0, 0.1) is 20.8 Å². The Morgan fingerprint density at radius 3 is 2.41 bits per heavy atom. The summed E-state index contributed by atoms with van der Waals surface area (Å²) in [5.41, 5.74) is 3.29. The van der Waals surface area contributed by atoms with Crippen LogP contribution in [0.15, 0.2) is 40.8 Å². The zero-order valence-electron chi connectivity index (χ0n) is 15.7. The highest BCUT2D eigenvalue weighted by Crippen LogP contribution is 2.18. The topological polar surface area (TPSA) is 88.6 Å². The standard InChI is InChI=1S/C20H21N3O4/c1-12-5-7-15(8-6-12)23-13(2)9-18(21-23)19(24)22(4)11-16-10-17(20(25)26)14(3)27-16/h5-10H,11H2,1-4H3,(H,25,26). The molecular weight excluding hydrogens is 346 g/mol. The summed E-state index contributed by atoms with van der Waals surface area (Å²) in [5.74, 6) is -0.591. The van der Waals surface area contributed by atoms with E-state index in [1.54, 1.807) is 24.7 Å². The summed E-state index contributed by atoms with van der Waals surface area (Å²) in [4.78, 5) is 25.3. The minimum absolute atomic E-state index is 0.102. The number of aromatic nitrogens is 2. The number of nitrogens with zero attached hydrogens (tertiary/aromatic N) is 3. The third-order valence-electron chi connectivity index (χ3n) is 4.32. The lowest BCUT2D eigenvalue weighted by Gasteiger charge is -2.14. The average molecular weight is 367 g/mol. The molecule has 0 saturated carbocycles. The van der Waals surface area contributed by atoms with Gasteiger partial charge < -0.3 is 14.4 Å². The van der Waals surface area contributed by atoms with E-state index in [9.17, 15) is 9.59 Å². The lowest BCUT2D eigenvalue weighted by molar-refractivity contribution is 0.0694. The highest BCUT2D eigenvalue weighted by Gasteiger charge is 2.20. The number of rotatable bonds is 5. The van der Waals surface area contributed by atoms with Crippen LogP contribution in [-0.2, 0) is 6.54 Å². The van der Waals surface area contributed by atoms with Gasteiger partial charge in [-0.15, -0.1) is 0 Å². The molecule has 0 unspecified atom stereocenters. The van der Waals surface area contributed by atoms with Crippen LogP contribution in [0.3, 0.4) is 0 Å². The molecule has 2 aromatic heterocycles. The Kier molecular flexibility index (Phi) is 4.85. The van der Waals surface area contributed by atoms with E-state index < -0.39 is 5.97 Å². The van der Waals surface area contributed by atoms with Crippen LogP contribution in [0.5, 0.6) is 0 Å². The van der Waals surface area contributed by atoms with Crippen molar-refractivity contribution in [2.75, 3.05) is 7.05 Å². The van der Waals surface area contributed by atoms with E-state index in [2.05, 4.69) is 5.10 Å². The molecule has 140 valence electrons. The van der Waals surface area contributed by atoms with E-state index in [4.69, 9.17) is 9.52 Å². The molecule has 3 rings (SSSR count). The minimum Gasteiger partial charge on any atom is -0.478 e. The maximum Gasteiger partial charge on any atom is 0.339 e. The van der Waals surface area contributed by atoms with Gasteiger partial charge in [-0.3, -0.25) is 4.79 Å². The molecule has 1 aromatic carbocycles. The quantitative estimate of drug-likeness (QED) is 0.747. The fraction of sp³-hybridized carbons (Fsp3) is 0.250. The fourth-order valence-electron chi connectivity index (χ4n) is 2.86. The lowest BCUT2D eigenvalue weighted by Crippen LogP contribution is -2.26. The average Bonchev–Trinajstić information content (AvgIpc) is 3.17. The SMILES string of the molecule is Cc1ccc(-n2nc(C(=O)N(C)Cc3cc(C(=O)O)c(C)o3)cc2C)cc1. The highest BCUT2D eigenvalue weighted by molar-refractivity contribution is 5.92. The van der Waals surface area contributed by atoms with Crippen molar-refractivity contribution >= 4 is 11.9 Å². The molecule has 0 bridgehead atoms. The molecule has 0 saturated heterocycles. The number of aromatic carboxylic acids is 1. The van der Waals surface area contributed by atoms with Gasteiger partial charge in [-0.1, -0.05) is 17.7 Å². The predicted molar refractivity (Wildman–Crippen MR) is 99.2 cm³/mol. The van der Waals surface area contributed by atoms with Gasteiger partial charge in [0.25, 0.3) is 5.91 Å². The Morgan fingerprint density at radius 1 is 1.15 bits per heavy atom. The Morgan fingerprint density at radius 2 is 1.81 bits per heavy atom. The van der Waals surface area contributed by atoms with Gasteiger partial charge in [0.05, 0.1) is 12.2 Å². The second kappa shape index (κ2) is 7.11. The summed E-state index contributed by atoms with van der Waals surface area (Å²) in [6.07, 6.45) is 0. The number of carbonyl (C=O) groups excluding carboxylic acids is 1. The predicted octanol–water partition coefficient (Wildman–Crippen LogP) is 3.36. The maximum atomic E-state index is 12.7. The number of hydrogen-bond acceptors (Lipinski definition) is 4. The van der Waals surface area contributed by atoms with Crippen molar-refractivity contribution in [2.45, 2.75) is 27.3 Å². The number of benzene rings is 1. The van der Waals surface area contributed by atoms with Crippen molar-refractivity contribution in [1.82, 2.24) is 14.7 Å². The van der Waals surface area contributed by atoms with Gasteiger partial charge in [0.1, 0.15) is 17.1 Å². The van der Waals surface area contributed by atoms with Crippen molar-refractivity contribution < 1.29 is 19.1 Å². The lowest BCUT2D eigenvalue weighted by atomic mass is 10.2. The summed E-state index contributed by atoms with van der Waals surface area (Å²) in [5, 5.41) is 13.5. The Hall–Kier alpha value is -3.35. The van der Waals surface area contributed by atoms with E-state index in [1.165, 1.54) is 11.0 Å². The number of hydrogen-bond donors (Lipinski definition) is 1. The second-order valence-corrected chi connectivity index (χ2v) is 6.57. The molecule has 0 spiro atoms. The first kappa shape index (κ1) is 18.4. The number of amides is 1. The normalized spacial score (nSPS) is 10.8. The van der Waals surface area contributed by atoms with Crippen molar-refractivity contribution in [3.8, 4) is 5.69 Å². The van der Waals surface area contributed by atoms with Gasteiger partial charge in [0.15, 0.2) is 5.69 Å². The molecular formula is C20H21N3O4. The molecule has 2 heterocycles. The van der Waals surface area contributed by atoms with Gasteiger partial charge in [0.2, 0.25) is 0 Å². The van der Waals surface area contributed by atoms with Gasteiger partial charge in [0, 0.05) is 12.7 Å². The fourth-order valence-corrected chi connectivity index (χ4v) is 2.86. The second-order valence-electron chi connectivity index (χ2n) is 6.57. The third kappa shape index (κ3) is 3.76. The number of carboxylic acids is 1. The third-order valence-corrected chi connectivity index (χ3v) is 4.32. The van der Waals surface area contributed by atoms with E-state index in [0.717, 1.165) is 16.9 Å². The van der Waals surface area contributed by atoms with Crippen LogP contribution >= 0.6 is 0 Å².